The van der Waals surface area contributed by atoms with Crippen molar-refractivity contribution in [1.29, 1.82) is 0 Å². The lowest BCUT2D eigenvalue weighted by atomic mass is 10.0. The number of hydrogen-bond donors (Lipinski definition) is 0. The van der Waals surface area contributed by atoms with Gasteiger partial charge in [-0.3, -0.25) is 9.63 Å². The molecule has 0 radical (unpaired) electrons. The monoisotopic (exact) mass is 259 g/mol. The summed E-state index contributed by atoms with van der Waals surface area (Å²) in [6, 6.07) is 4.29. The SMILES string of the molecule is CON(C)C(=O)Cc1coc2cc3c(cc12)CCC3. The number of benzene rings is 1. The number of hydroxylamine groups is 2. The molecule has 2 aromatic rings. The molecule has 4 nitrogen and oxygen atoms in total. The van der Waals surface area contributed by atoms with Crippen LogP contribution in [-0.2, 0) is 28.9 Å². The Labute approximate surface area is 111 Å². The number of hydrogen-bond acceptors (Lipinski definition) is 3. The third-order valence-corrected chi connectivity index (χ3v) is 3.83. The highest BCUT2D eigenvalue weighted by atomic mass is 16.7. The predicted molar refractivity (Wildman–Crippen MR) is 71.7 cm³/mol. The van der Waals surface area contributed by atoms with Crippen LogP contribution in [0.1, 0.15) is 23.1 Å². The second-order valence-corrected chi connectivity index (χ2v) is 4.98. The molecule has 0 unspecified atom stereocenters. The molecule has 0 aliphatic heterocycles. The van der Waals surface area contributed by atoms with Gasteiger partial charge < -0.3 is 4.42 Å². The highest BCUT2D eigenvalue weighted by Gasteiger charge is 2.17. The zero-order valence-corrected chi connectivity index (χ0v) is 11.2. The van der Waals surface area contributed by atoms with Gasteiger partial charge in [-0.2, -0.15) is 0 Å². The fourth-order valence-corrected chi connectivity index (χ4v) is 2.66. The van der Waals surface area contributed by atoms with Gasteiger partial charge in [0, 0.05) is 18.0 Å². The van der Waals surface area contributed by atoms with Crippen LogP contribution in [-0.4, -0.2) is 25.1 Å². The summed E-state index contributed by atoms with van der Waals surface area (Å²) in [6.07, 6.45) is 5.45. The van der Waals surface area contributed by atoms with Crippen molar-refractivity contribution < 1.29 is 14.0 Å². The van der Waals surface area contributed by atoms with E-state index in [1.165, 1.54) is 29.7 Å². The molecule has 1 aliphatic rings. The summed E-state index contributed by atoms with van der Waals surface area (Å²) in [5, 5.41) is 2.30. The number of furan rings is 1. The number of aryl methyl sites for hydroxylation is 2. The fraction of sp³-hybridized carbons (Fsp3) is 0.400. The first-order chi connectivity index (χ1) is 9.19. The van der Waals surface area contributed by atoms with Crippen molar-refractivity contribution in [3.63, 3.8) is 0 Å². The molecule has 1 heterocycles. The Morgan fingerprint density at radius 2 is 2.11 bits per heavy atom. The molecule has 0 saturated heterocycles. The summed E-state index contributed by atoms with van der Waals surface area (Å²) in [6.45, 7) is 0. The van der Waals surface area contributed by atoms with E-state index in [1.807, 2.05) is 0 Å². The van der Waals surface area contributed by atoms with E-state index < -0.39 is 0 Å². The van der Waals surface area contributed by atoms with Gasteiger partial charge in [-0.15, -0.1) is 0 Å². The van der Waals surface area contributed by atoms with Gasteiger partial charge in [0.1, 0.15) is 5.58 Å². The van der Waals surface area contributed by atoms with Gasteiger partial charge in [-0.05, 0) is 42.5 Å². The summed E-state index contributed by atoms with van der Waals surface area (Å²) >= 11 is 0. The van der Waals surface area contributed by atoms with Crippen molar-refractivity contribution in [2.45, 2.75) is 25.7 Å². The number of amides is 1. The minimum absolute atomic E-state index is 0.0781. The summed E-state index contributed by atoms with van der Waals surface area (Å²) in [5.74, 6) is -0.0781. The average Bonchev–Trinajstić information content (AvgIpc) is 3.02. The van der Waals surface area contributed by atoms with Gasteiger partial charge in [0.25, 0.3) is 0 Å². The summed E-state index contributed by atoms with van der Waals surface area (Å²) < 4.78 is 5.58. The Balaban J connectivity index is 1.94. The number of carbonyl (C=O) groups is 1. The lowest BCUT2D eigenvalue weighted by Crippen LogP contribution is -2.26. The van der Waals surface area contributed by atoms with Crippen molar-refractivity contribution in [3.8, 4) is 0 Å². The Kier molecular flexibility index (Phi) is 3.03. The van der Waals surface area contributed by atoms with Gasteiger partial charge in [0.05, 0.1) is 19.8 Å². The highest BCUT2D eigenvalue weighted by Crippen LogP contribution is 2.30. The molecule has 0 bridgehead atoms. The molecule has 19 heavy (non-hydrogen) atoms. The van der Waals surface area contributed by atoms with Crippen LogP contribution in [0, 0.1) is 0 Å². The van der Waals surface area contributed by atoms with E-state index in [0.717, 1.165) is 29.4 Å². The fourth-order valence-electron chi connectivity index (χ4n) is 2.66. The normalized spacial score (nSPS) is 13.8. The Hall–Kier alpha value is -1.81. The molecule has 0 fully saturated rings. The molecule has 0 spiro atoms. The summed E-state index contributed by atoms with van der Waals surface area (Å²) in [7, 11) is 3.10. The standard InChI is InChI=1S/C15H17NO3/c1-16(18-2)15(17)8-12-9-19-14-7-11-5-3-4-10(11)6-13(12)14/h6-7,9H,3-5,8H2,1-2H3. The van der Waals surface area contributed by atoms with Crippen molar-refractivity contribution >= 4 is 16.9 Å². The Bertz CT molecular complexity index is 630. The zero-order valence-electron chi connectivity index (χ0n) is 11.2. The second-order valence-electron chi connectivity index (χ2n) is 4.98. The van der Waals surface area contributed by atoms with Crippen LogP contribution in [0.2, 0.25) is 0 Å². The van der Waals surface area contributed by atoms with E-state index in [9.17, 15) is 4.79 Å². The lowest BCUT2D eigenvalue weighted by Gasteiger charge is -2.12. The third kappa shape index (κ3) is 2.12. The molecule has 1 aliphatic carbocycles. The molecular weight excluding hydrogens is 242 g/mol. The van der Waals surface area contributed by atoms with Crippen LogP contribution in [0.15, 0.2) is 22.8 Å². The van der Waals surface area contributed by atoms with Crippen molar-refractivity contribution in [3.05, 3.63) is 35.1 Å². The molecule has 1 amide bonds. The van der Waals surface area contributed by atoms with E-state index in [4.69, 9.17) is 9.25 Å². The predicted octanol–water partition coefficient (Wildman–Crippen LogP) is 2.48. The van der Waals surface area contributed by atoms with Crippen LogP contribution < -0.4 is 0 Å². The van der Waals surface area contributed by atoms with Gasteiger partial charge >= 0.3 is 0 Å². The van der Waals surface area contributed by atoms with Crippen LogP contribution >= 0.6 is 0 Å². The topological polar surface area (TPSA) is 42.7 Å². The van der Waals surface area contributed by atoms with Gasteiger partial charge in [-0.1, -0.05) is 0 Å². The van der Waals surface area contributed by atoms with Crippen molar-refractivity contribution in [2.24, 2.45) is 0 Å². The number of rotatable bonds is 3. The Morgan fingerprint density at radius 1 is 1.37 bits per heavy atom. The molecule has 4 heteroatoms. The first-order valence-electron chi connectivity index (χ1n) is 6.51. The highest BCUT2D eigenvalue weighted by molar-refractivity contribution is 5.88. The molecule has 0 saturated carbocycles. The number of fused-ring (bicyclic) bond motifs is 2. The maximum Gasteiger partial charge on any atom is 0.250 e. The van der Waals surface area contributed by atoms with Crippen molar-refractivity contribution in [1.82, 2.24) is 5.06 Å². The van der Waals surface area contributed by atoms with Crippen LogP contribution in [0.5, 0.6) is 0 Å². The molecule has 1 aromatic heterocycles. The van der Waals surface area contributed by atoms with E-state index >= 15 is 0 Å². The summed E-state index contributed by atoms with van der Waals surface area (Å²) in [4.78, 5) is 16.8. The van der Waals surface area contributed by atoms with E-state index in [1.54, 1.807) is 13.3 Å². The van der Waals surface area contributed by atoms with Gasteiger partial charge in [0.2, 0.25) is 5.91 Å². The van der Waals surface area contributed by atoms with E-state index in [-0.39, 0.29) is 5.91 Å². The molecular formula is C15H17NO3. The Morgan fingerprint density at radius 3 is 2.84 bits per heavy atom. The van der Waals surface area contributed by atoms with E-state index in [0.29, 0.717) is 6.42 Å². The smallest absolute Gasteiger partial charge is 0.250 e. The number of nitrogens with zero attached hydrogens (tertiary/aromatic N) is 1. The molecule has 1 aromatic carbocycles. The third-order valence-electron chi connectivity index (χ3n) is 3.83. The minimum Gasteiger partial charge on any atom is -0.464 e. The second kappa shape index (κ2) is 4.70. The maximum atomic E-state index is 11.9. The van der Waals surface area contributed by atoms with Gasteiger partial charge in [0.15, 0.2) is 0 Å². The van der Waals surface area contributed by atoms with Crippen LogP contribution in [0.25, 0.3) is 11.0 Å². The van der Waals surface area contributed by atoms with E-state index in [2.05, 4.69) is 12.1 Å². The first kappa shape index (κ1) is 12.2. The largest absolute Gasteiger partial charge is 0.464 e. The van der Waals surface area contributed by atoms with Crippen LogP contribution in [0.4, 0.5) is 0 Å². The zero-order chi connectivity index (χ0) is 13.4. The average molecular weight is 259 g/mol. The van der Waals surface area contributed by atoms with Crippen LogP contribution in [0.3, 0.4) is 0 Å². The van der Waals surface area contributed by atoms with Gasteiger partial charge in [-0.25, -0.2) is 5.06 Å². The quantitative estimate of drug-likeness (QED) is 0.795. The number of likely N-dealkylation sites (N-methyl/N-ethyl adjacent to an activating group) is 1. The molecule has 100 valence electrons. The minimum atomic E-state index is -0.0781. The first-order valence-corrected chi connectivity index (χ1v) is 6.51. The summed E-state index contributed by atoms with van der Waals surface area (Å²) in [5.41, 5.74) is 4.58. The molecule has 0 N–H and O–H groups in total. The number of carbonyl (C=O) groups excluding carboxylic acids is 1. The molecule has 0 atom stereocenters. The molecule has 3 rings (SSSR count). The van der Waals surface area contributed by atoms with Crippen molar-refractivity contribution in [2.75, 3.05) is 14.2 Å². The lowest BCUT2D eigenvalue weighted by molar-refractivity contribution is -0.167. The maximum absolute atomic E-state index is 11.9.